The van der Waals surface area contributed by atoms with E-state index in [2.05, 4.69) is 18.8 Å². The van der Waals surface area contributed by atoms with E-state index < -0.39 is 0 Å². The summed E-state index contributed by atoms with van der Waals surface area (Å²) in [5.41, 5.74) is 0. The molecule has 0 aromatic rings. The van der Waals surface area contributed by atoms with E-state index in [-0.39, 0.29) is 0 Å². The third kappa shape index (κ3) is 6.07. The maximum Gasteiger partial charge on any atom is 0.0618 e. The Morgan fingerprint density at radius 1 is 1.64 bits per heavy atom. The van der Waals surface area contributed by atoms with Gasteiger partial charge >= 0.3 is 0 Å². The van der Waals surface area contributed by atoms with E-state index in [0.29, 0.717) is 6.04 Å². The summed E-state index contributed by atoms with van der Waals surface area (Å²) in [7, 11) is 1.73. The van der Waals surface area contributed by atoms with Crippen LogP contribution >= 0.6 is 0 Å². The highest BCUT2D eigenvalue weighted by Crippen LogP contribution is 1.93. The minimum absolute atomic E-state index is 0.442. The van der Waals surface area contributed by atoms with Crippen molar-refractivity contribution in [1.82, 2.24) is 5.32 Å². The molecule has 0 fully saturated rings. The second kappa shape index (κ2) is 7.76. The van der Waals surface area contributed by atoms with Gasteiger partial charge in [-0.1, -0.05) is 13.0 Å². The van der Waals surface area contributed by atoms with E-state index in [0.717, 1.165) is 26.0 Å². The number of rotatable bonds is 7. The molecule has 0 saturated heterocycles. The van der Waals surface area contributed by atoms with Crippen molar-refractivity contribution in [2.75, 3.05) is 20.3 Å². The van der Waals surface area contributed by atoms with Crippen molar-refractivity contribution in [3.63, 3.8) is 0 Å². The zero-order valence-electron chi connectivity index (χ0n) is 7.60. The van der Waals surface area contributed by atoms with Gasteiger partial charge in [0.05, 0.1) is 6.61 Å². The molecule has 0 spiro atoms. The summed E-state index contributed by atoms with van der Waals surface area (Å²) in [6.45, 7) is 7.68. The quantitative estimate of drug-likeness (QED) is 0.566. The molecule has 0 aromatic heterocycles. The Balaban J connectivity index is 3.41. The zero-order chi connectivity index (χ0) is 8.53. The Morgan fingerprint density at radius 3 is 2.82 bits per heavy atom. The Bertz CT molecular complexity index is 93.6. The number of hydrogen-bond acceptors (Lipinski definition) is 2. The molecule has 1 unspecified atom stereocenters. The molecule has 0 amide bonds. The van der Waals surface area contributed by atoms with Crippen molar-refractivity contribution >= 4 is 0 Å². The number of methoxy groups -OCH3 is 1. The zero-order valence-corrected chi connectivity index (χ0v) is 7.60. The topological polar surface area (TPSA) is 21.3 Å². The summed E-state index contributed by atoms with van der Waals surface area (Å²) in [4.78, 5) is 0. The van der Waals surface area contributed by atoms with E-state index >= 15 is 0 Å². The SMILES string of the molecule is C=CCC(COC)NCCC. The van der Waals surface area contributed by atoms with Crippen LogP contribution in [-0.4, -0.2) is 26.3 Å². The van der Waals surface area contributed by atoms with Crippen LogP contribution in [0.1, 0.15) is 19.8 Å². The maximum absolute atomic E-state index is 5.04. The van der Waals surface area contributed by atoms with Crippen LogP contribution in [-0.2, 0) is 4.74 Å². The summed E-state index contributed by atoms with van der Waals surface area (Å²) >= 11 is 0. The molecule has 0 aliphatic carbocycles. The summed E-state index contributed by atoms with van der Waals surface area (Å²) in [6, 6.07) is 0.442. The maximum atomic E-state index is 5.04. The lowest BCUT2D eigenvalue weighted by Gasteiger charge is -2.14. The molecule has 0 rings (SSSR count). The fourth-order valence-corrected chi connectivity index (χ4v) is 0.961. The van der Waals surface area contributed by atoms with Gasteiger partial charge in [-0.3, -0.25) is 0 Å². The first-order valence-corrected chi connectivity index (χ1v) is 4.18. The Kier molecular flexibility index (Phi) is 7.52. The number of nitrogens with one attached hydrogen (secondary N) is 1. The molecule has 1 atom stereocenters. The fraction of sp³-hybridized carbons (Fsp3) is 0.778. The van der Waals surface area contributed by atoms with Crippen LogP contribution in [0.3, 0.4) is 0 Å². The van der Waals surface area contributed by atoms with Gasteiger partial charge in [0.25, 0.3) is 0 Å². The summed E-state index contributed by atoms with van der Waals surface area (Å²) < 4.78 is 5.04. The van der Waals surface area contributed by atoms with E-state index in [9.17, 15) is 0 Å². The van der Waals surface area contributed by atoms with Crippen LogP contribution in [0.15, 0.2) is 12.7 Å². The first-order valence-electron chi connectivity index (χ1n) is 4.18. The van der Waals surface area contributed by atoms with Crippen LogP contribution in [0.5, 0.6) is 0 Å². The molecule has 0 aliphatic heterocycles. The molecule has 0 bridgehead atoms. The van der Waals surface area contributed by atoms with Crippen molar-refractivity contribution in [2.45, 2.75) is 25.8 Å². The molecular weight excluding hydrogens is 138 g/mol. The van der Waals surface area contributed by atoms with Crippen LogP contribution < -0.4 is 5.32 Å². The predicted octanol–water partition coefficient (Wildman–Crippen LogP) is 1.58. The Morgan fingerprint density at radius 2 is 2.36 bits per heavy atom. The van der Waals surface area contributed by atoms with Crippen LogP contribution in [0, 0.1) is 0 Å². The average Bonchev–Trinajstić information content (AvgIpc) is 2.01. The first kappa shape index (κ1) is 10.7. The van der Waals surface area contributed by atoms with Crippen molar-refractivity contribution in [3.05, 3.63) is 12.7 Å². The largest absolute Gasteiger partial charge is 0.383 e. The molecule has 0 aliphatic rings. The monoisotopic (exact) mass is 157 g/mol. The van der Waals surface area contributed by atoms with Crippen LogP contribution in [0.2, 0.25) is 0 Å². The van der Waals surface area contributed by atoms with Gasteiger partial charge in [-0.05, 0) is 19.4 Å². The highest BCUT2D eigenvalue weighted by atomic mass is 16.5. The third-order valence-electron chi connectivity index (χ3n) is 1.50. The normalized spacial score (nSPS) is 12.9. The molecule has 0 saturated carbocycles. The standard InChI is InChI=1S/C9H19NO/c1-4-6-9(8-11-3)10-7-5-2/h4,9-10H,1,5-8H2,2-3H3. The van der Waals surface area contributed by atoms with Gasteiger partial charge in [0.1, 0.15) is 0 Å². The van der Waals surface area contributed by atoms with Crippen molar-refractivity contribution < 1.29 is 4.74 Å². The van der Waals surface area contributed by atoms with Gasteiger partial charge in [-0.2, -0.15) is 0 Å². The minimum Gasteiger partial charge on any atom is -0.383 e. The van der Waals surface area contributed by atoms with Crippen LogP contribution in [0.25, 0.3) is 0 Å². The molecule has 1 N–H and O–H groups in total. The lowest BCUT2D eigenvalue weighted by Crippen LogP contribution is -2.33. The van der Waals surface area contributed by atoms with Gasteiger partial charge in [0, 0.05) is 13.2 Å². The molecule has 0 radical (unpaired) electrons. The molecule has 0 aromatic carbocycles. The summed E-state index contributed by atoms with van der Waals surface area (Å²) in [5.74, 6) is 0. The van der Waals surface area contributed by atoms with Crippen LogP contribution in [0.4, 0.5) is 0 Å². The average molecular weight is 157 g/mol. The Labute approximate surface area is 69.6 Å². The lowest BCUT2D eigenvalue weighted by molar-refractivity contribution is 0.167. The summed E-state index contributed by atoms with van der Waals surface area (Å²) in [5, 5.41) is 3.38. The fourth-order valence-electron chi connectivity index (χ4n) is 0.961. The van der Waals surface area contributed by atoms with E-state index in [1.165, 1.54) is 0 Å². The minimum atomic E-state index is 0.442. The Hall–Kier alpha value is -0.340. The molecular formula is C9H19NO. The van der Waals surface area contributed by atoms with Crippen molar-refractivity contribution in [3.8, 4) is 0 Å². The molecule has 2 heteroatoms. The highest BCUT2D eigenvalue weighted by molar-refractivity contribution is 4.77. The highest BCUT2D eigenvalue weighted by Gasteiger charge is 2.02. The van der Waals surface area contributed by atoms with Gasteiger partial charge in [-0.25, -0.2) is 0 Å². The first-order chi connectivity index (χ1) is 5.35. The smallest absolute Gasteiger partial charge is 0.0618 e. The van der Waals surface area contributed by atoms with E-state index in [4.69, 9.17) is 4.74 Å². The molecule has 2 nitrogen and oxygen atoms in total. The van der Waals surface area contributed by atoms with Gasteiger partial charge in [0.2, 0.25) is 0 Å². The van der Waals surface area contributed by atoms with Crippen molar-refractivity contribution in [1.29, 1.82) is 0 Å². The lowest BCUT2D eigenvalue weighted by atomic mass is 10.2. The van der Waals surface area contributed by atoms with E-state index in [1.54, 1.807) is 7.11 Å². The number of hydrogen-bond donors (Lipinski definition) is 1. The number of ether oxygens (including phenoxy) is 1. The predicted molar refractivity (Wildman–Crippen MR) is 48.8 cm³/mol. The second-order valence-corrected chi connectivity index (χ2v) is 2.63. The molecule has 0 heterocycles. The van der Waals surface area contributed by atoms with E-state index in [1.807, 2.05) is 6.08 Å². The molecule has 66 valence electrons. The molecule has 11 heavy (non-hydrogen) atoms. The van der Waals surface area contributed by atoms with Gasteiger partial charge in [-0.15, -0.1) is 6.58 Å². The second-order valence-electron chi connectivity index (χ2n) is 2.63. The van der Waals surface area contributed by atoms with Crippen molar-refractivity contribution in [2.24, 2.45) is 0 Å². The van der Waals surface area contributed by atoms with Gasteiger partial charge in [0.15, 0.2) is 0 Å². The summed E-state index contributed by atoms with van der Waals surface area (Å²) in [6.07, 6.45) is 4.07. The van der Waals surface area contributed by atoms with Gasteiger partial charge < -0.3 is 10.1 Å². The third-order valence-corrected chi connectivity index (χ3v) is 1.50.